The summed E-state index contributed by atoms with van der Waals surface area (Å²) in [6, 6.07) is 8.02. The van der Waals surface area contributed by atoms with E-state index >= 15 is 0 Å². The lowest BCUT2D eigenvalue weighted by Gasteiger charge is -2.16. The first kappa shape index (κ1) is 17.4. The number of nitrogens with zero attached hydrogens (tertiary/aromatic N) is 1. The van der Waals surface area contributed by atoms with Crippen LogP contribution in [0.3, 0.4) is 0 Å². The lowest BCUT2D eigenvalue weighted by molar-refractivity contribution is -0.108. The molecule has 0 aliphatic carbocycles. The molecule has 0 fully saturated rings. The van der Waals surface area contributed by atoms with E-state index in [1.54, 1.807) is 44.2 Å². The molecule has 2 rings (SSSR count). The zero-order valence-electron chi connectivity index (χ0n) is 12.6. The van der Waals surface area contributed by atoms with Crippen molar-refractivity contribution < 1.29 is 14.3 Å². The molecule has 0 amide bonds. The highest BCUT2D eigenvalue weighted by Crippen LogP contribution is 2.31. The molecule has 4 nitrogen and oxygen atoms in total. The van der Waals surface area contributed by atoms with Crippen LogP contribution in [-0.4, -0.2) is 23.3 Å². The molecule has 1 aromatic heterocycles. The molecule has 0 spiro atoms. The number of hydrogen-bond donors (Lipinski definition) is 0. The predicted molar refractivity (Wildman–Crippen MR) is 89.2 cm³/mol. The second kappa shape index (κ2) is 7.57. The minimum absolute atomic E-state index is 0.240. The third kappa shape index (κ3) is 4.09. The third-order valence-corrected chi connectivity index (χ3v) is 3.69. The van der Waals surface area contributed by atoms with E-state index in [9.17, 15) is 9.59 Å². The summed E-state index contributed by atoms with van der Waals surface area (Å²) in [7, 11) is 0. The smallest absolute Gasteiger partial charge is 0.340 e. The van der Waals surface area contributed by atoms with Crippen molar-refractivity contribution in [1.29, 1.82) is 0 Å². The quantitative estimate of drug-likeness (QED) is 0.595. The van der Waals surface area contributed by atoms with Crippen LogP contribution in [0.4, 0.5) is 0 Å². The number of benzene rings is 1. The van der Waals surface area contributed by atoms with Crippen LogP contribution in [0.2, 0.25) is 10.0 Å². The number of aldehydes is 1. The molecular weight excluding hydrogens is 337 g/mol. The van der Waals surface area contributed by atoms with Crippen LogP contribution in [0, 0.1) is 0 Å². The third-order valence-electron chi connectivity index (χ3n) is 3.13. The van der Waals surface area contributed by atoms with E-state index in [4.69, 9.17) is 27.9 Å². The van der Waals surface area contributed by atoms with E-state index in [1.165, 1.54) is 6.20 Å². The van der Waals surface area contributed by atoms with Gasteiger partial charge in [-0.1, -0.05) is 29.3 Å². The first-order chi connectivity index (χ1) is 10.9. The van der Waals surface area contributed by atoms with Crippen molar-refractivity contribution in [2.24, 2.45) is 0 Å². The first-order valence-corrected chi connectivity index (χ1v) is 7.75. The van der Waals surface area contributed by atoms with Gasteiger partial charge >= 0.3 is 5.97 Å². The van der Waals surface area contributed by atoms with E-state index in [1.807, 2.05) is 0 Å². The van der Waals surface area contributed by atoms with Crippen molar-refractivity contribution in [3.63, 3.8) is 0 Å². The minimum atomic E-state index is -0.782. The number of aromatic nitrogens is 1. The van der Waals surface area contributed by atoms with Crippen molar-refractivity contribution in [3.8, 4) is 0 Å². The topological polar surface area (TPSA) is 56.3 Å². The Kier molecular flexibility index (Phi) is 5.74. The summed E-state index contributed by atoms with van der Waals surface area (Å²) in [5, 5.41) is 0.798. The molecule has 0 N–H and O–H groups in total. The van der Waals surface area contributed by atoms with Crippen molar-refractivity contribution in [1.82, 2.24) is 4.98 Å². The molecule has 0 radical (unpaired) electrons. The Bertz CT molecular complexity index is 732. The molecule has 23 heavy (non-hydrogen) atoms. The van der Waals surface area contributed by atoms with E-state index in [0.717, 1.165) is 0 Å². The summed E-state index contributed by atoms with van der Waals surface area (Å²) in [6.45, 7) is 3.50. The summed E-state index contributed by atoms with van der Waals surface area (Å²) >= 11 is 12.1. The molecule has 0 saturated carbocycles. The second-order valence-electron chi connectivity index (χ2n) is 5.17. The monoisotopic (exact) mass is 351 g/mol. The SMILES string of the molecule is CC(C)OC(=O)c1cccnc1C(C=O)c1ccc(Cl)cc1Cl. The molecule has 0 aliphatic rings. The normalized spacial score (nSPS) is 12.0. The van der Waals surface area contributed by atoms with Crippen LogP contribution >= 0.6 is 23.2 Å². The molecule has 1 atom stereocenters. The van der Waals surface area contributed by atoms with Gasteiger partial charge < -0.3 is 9.53 Å². The number of rotatable bonds is 5. The maximum absolute atomic E-state index is 12.2. The largest absolute Gasteiger partial charge is 0.459 e. The van der Waals surface area contributed by atoms with Gasteiger partial charge in [0, 0.05) is 16.2 Å². The molecule has 0 aliphatic heterocycles. The average Bonchev–Trinajstić information content (AvgIpc) is 2.50. The number of carbonyl (C=O) groups excluding carboxylic acids is 2. The molecule has 2 aromatic rings. The fourth-order valence-corrected chi connectivity index (χ4v) is 2.68. The molecule has 6 heteroatoms. The van der Waals surface area contributed by atoms with Crippen LogP contribution in [-0.2, 0) is 9.53 Å². The number of hydrogen-bond acceptors (Lipinski definition) is 4. The summed E-state index contributed by atoms with van der Waals surface area (Å²) in [4.78, 5) is 28.1. The fraction of sp³-hybridized carbons (Fsp3) is 0.235. The highest BCUT2D eigenvalue weighted by molar-refractivity contribution is 6.35. The molecule has 1 unspecified atom stereocenters. The number of pyridine rings is 1. The molecule has 1 aromatic carbocycles. The van der Waals surface area contributed by atoms with Crippen LogP contribution in [0.1, 0.15) is 41.4 Å². The van der Waals surface area contributed by atoms with E-state index in [2.05, 4.69) is 4.98 Å². The fourth-order valence-electron chi connectivity index (χ4n) is 2.15. The summed E-state index contributed by atoms with van der Waals surface area (Å²) in [5.74, 6) is -1.31. The maximum atomic E-state index is 12.2. The Hall–Kier alpha value is -1.91. The Morgan fingerprint density at radius 2 is 2.00 bits per heavy atom. The minimum Gasteiger partial charge on any atom is -0.459 e. The van der Waals surface area contributed by atoms with E-state index < -0.39 is 11.9 Å². The van der Waals surface area contributed by atoms with Crippen molar-refractivity contribution in [3.05, 3.63) is 63.4 Å². The number of esters is 1. The van der Waals surface area contributed by atoms with Gasteiger partial charge in [-0.25, -0.2) is 4.79 Å². The van der Waals surface area contributed by atoms with Gasteiger partial charge in [-0.05, 0) is 43.7 Å². The van der Waals surface area contributed by atoms with Crippen molar-refractivity contribution in [2.45, 2.75) is 25.9 Å². The standard InChI is InChI=1S/C17H15Cl2NO3/c1-10(2)23-17(22)13-4-3-7-20-16(13)14(9-21)12-6-5-11(18)8-15(12)19/h3-10,14H,1-2H3. The summed E-state index contributed by atoms with van der Waals surface area (Å²) < 4.78 is 5.21. The van der Waals surface area contributed by atoms with Gasteiger partial charge in [-0.15, -0.1) is 0 Å². The van der Waals surface area contributed by atoms with Crippen molar-refractivity contribution >= 4 is 35.5 Å². The highest BCUT2D eigenvalue weighted by Gasteiger charge is 2.25. The maximum Gasteiger partial charge on any atom is 0.340 e. The molecular formula is C17H15Cl2NO3. The zero-order chi connectivity index (χ0) is 17.0. The van der Waals surface area contributed by atoms with E-state index in [-0.39, 0.29) is 11.7 Å². The molecule has 0 bridgehead atoms. The number of ether oxygens (including phenoxy) is 1. The van der Waals surface area contributed by atoms with Crippen LogP contribution < -0.4 is 0 Å². The van der Waals surface area contributed by atoms with Gasteiger partial charge in [0.25, 0.3) is 0 Å². The van der Waals surface area contributed by atoms with Gasteiger partial charge in [0.15, 0.2) is 0 Å². The molecule has 120 valence electrons. The lowest BCUT2D eigenvalue weighted by Crippen LogP contribution is -2.17. The Balaban J connectivity index is 2.50. The Labute approximate surface area is 144 Å². The summed E-state index contributed by atoms with van der Waals surface area (Å²) in [5.41, 5.74) is 1.07. The highest BCUT2D eigenvalue weighted by atomic mass is 35.5. The van der Waals surface area contributed by atoms with Gasteiger partial charge in [0.05, 0.1) is 23.3 Å². The van der Waals surface area contributed by atoms with Gasteiger partial charge in [-0.2, -0.15) is 0 Å². The van der Waals surface area contributed by atoms with E-state index in [0.29, 0.717) is 27.6 Å². The zero-order valence-corrected chi connectivity index (χ0v) is 14.1. The van der Waals surface area contributed by atoms with Gasteiger partial charge in [-0.3, -0.25) is 4.98 Å². The van der Waals surface area contributed by atoms with Crippen LogP contribution in [0.15, 0.2) is 36.5 Å². The predicted octanol–water partition coefficient (Wildman–Crippen LogP) is 4.28. The first-order valence-electron chi connectivity index (χ1n) is 7.00. The Morgan fingerprint density at radius 1 is 1.26 bits per heavy atom. The second-order valence-corrected chi connectivity index (χ2v) is 6.01. The number of carbonyl (C=O) groups is 2. The van der Waals surface area contributed by atoms with Gasteiger partial charge in [0.1, 0.15) is 6.29 Å². The average molecular weight is 352 g/mol. The Morgan fingerprint density at radius 3 is 2.61 bits per heavy atom. The van der Waals surface area contributed by atoms with Crippen LogP contribution in [0.5, 0.6) is 0 Å². The molecule has 0 saturated heterocycles. The molecule has 1 heterocycles. The summed E-state index contributed by atoms with van der Waals surface area (Å²) in [6.07, 6.45) is 1.94. The van der Waals surface area contributed by atoms with Crippen molar-refractivity contribution in [2.75, 3.05) is 0 Å². The lowest BCUT2D eigenvalue weighted by atomic mass is 9.93. The number of halogens is 2. The van der Waals surface area contributed by atoms with Crippen LogP contribution in [0.25, 0.3) is 0 Å². The van der Waals surface area contributed by atoms with Gasteiger partial charge in [0.2, 0.25) is 0 Å².